The number of nitrogens with two attached hydrogens (primary N) is 1. The van der Waals surface area contributed by atoms with Crippen LogP contribution >= 0.6 is 11.6 Å². The summed E-state index contributed by atoms with van der Waals surface area (Å²) in [4.78, 5) is 0. The van der Waals surface area contributed by atoms with Gasteiger partial charge in [0.15, 0.2) is 11.6 Å². The van der Waals surface area contributed by atoms with Gasteiger partial charge in [0.25, 0.3) is 0 Å². The molecule has 26 heavy (non-hydrogen) atoms. The molecule has 0 aromatic heterocycles. The lowest BCUT2D eigenvalue weighted by molar-refractivity contribution is 0.252. The lowest BCUT2D eigenvalue weighted by atomic mass is 9.75. The van der Waals surface area contributed by atoms with Crippen LogP contribution in [-0.2, 0) is 0 Å². The Labute approximate surface area is 162 Å². The Morgan fingerprint density at radius 1 is 1.00 bits per heavy atom. The van der Waals surface area contributed by atoms with Gasteiger partial charge in [-0.1, -0.05) is 30.5 Å². The van der Waals surface area contributed by atoms with Crippen LogP contribution in [0.25, 0.3) is 0 Å². The van der Waals surface area contributed by atoms with Crippen molar-refractivity contribution in [3.63, 3.8) is 0 Å². The number of hydrogen-bond donors (Lipinski definition) is 1. The zero-order valence-corrected chi connectivity index (χ0v) is 16.7. The molecule has 0 saturated heterocycles. The Balaban J connectivity index is 1.48. The Bertz CT molecular complexity index is 578. The van der Waals surface area contributed by atoms with Crippen LogP contribution in [0.5, 0.6) is 5.75 Å². The van der Waals surface area contributed by atoms with E-state index < -0.39 is 5.82 Å². The highest BCUT2D eigenvalue weighted by molar-refractivity contribution is 6.31. The van der Waals surface area contributed by atoms with Crippen molar-refractivity contribution in [2.75, 3.05) is 6.61 Å². The minimum Gasteiger partial charge on any atom is -0.491 e. The highest BCUT2D eigenvalue weighted by atomic mass is 35.5. The third-order valence-electron chi connectivity index (χ3n) is 6.54. The standard InChI is InChI=1S/C22H33ClFNO/c1-2-26-20-14-13-19(21(23)22(20)24)17-9-5-15(6-10-17)3-4-16-7-11-18(25)12-8-16/h13-18H,2-12,25H2,1H3. The first kappa shape index (κ1) is 19.9. The predicted octanol–water partition coefficient (Wildman–Crippen LogP) is 6.45. The molecule has 1 aromatic carbocycles. The van der Waals surface area contributed by atoms with Crippen LogP contribution in [0.2, 0.25) is 5.02 Å². The van der Waals surface area contributed by atoms with E-state index in [0.29, 0.717) is 18.6 Å². The molecule has 0 unspecified atom stereocenters. The molecule has 3 rings (SSSR count). The van der Waals surface area contributed by atoms with Crippen LogP contribution < -0.4 is 10.5 Å². The monoisotopic (exact) mass is 381 g/mol. The van der Waals surface area contributed by atoms with Crippen LogP contribution in [0.4, 0.5) is 4.39 Å². The van der Waals surface area contributed by atoms with Crippen LogP contribution in [0.1, 0.15) is 82.6 Å². The molecule has 2 N–H and O–H groups in total. The fourth-order valence-corrected chi connectivity index (χ4v) is 5.15. The van der Waals surface area contributed by atoms with Crippen molar-refractivity contribution in [1.82, 2.24) is 0 Å². The summed E-state index contributed by atoms with van der Waals surface area (Å²) in [6.07, 6.45) is 12.5. The number of benzene rings is 1. The average molecular weight is 382 g/mol. The van der Waals surface area contributed by atoms with Gasteiger partial charge in [0.1, 0.15) is 0 Å². The zero-order valence-electron chi connectivity index (χ0n) is 16.0. The van der Waals surface area contributed by atoms with Crippen molar-refractivity contribution < 1.29 is 9.13 Å². The topological polar surface area (TPSA) is 35.2 Å². The van der Waals surface area contributed by atoms with Gasteiger partial charge in [0.2, 0.25) is 0 Å². The van der Waals surface area contributed by atoms with Crippen LogP contribution in [-0.4, -0.2) is 12.6 Å². The molecular formula is C22H33ClFNO. The Morgan fingerprint density at radius 2 is 1.58 bits per heavy atom. The summed E-state index contributed by atoms with van der Waals surface area (Å²) in [5, 5.41) is 0.262. The summed E-state index contributed by atoms with van der Waals surface area (Å²) in [6.45, 7) is 2.30. The lowest BCUT2D eigenvalue weighted by Gasteiger charge is -2.31. The van der Waals surface area contributed by atoms with E-state index in [-0.39, 0.29) is 10.8 Å². The van der Waals surface area contributed by atoms with Crippen molar-refractivity contribution >= 4 is 11.6 Å². The zero-order chi connectivity index (χ0) is 18.5. The molecule has 146 valence electrons. The Kier molecular flexibility index (Phi) is 7.22. The average Bonchev–Trinajstić information content (AvgIpc) is 2.66. The second-order valence-electron chi connectivity index (χ2n) is 8.29. The summed E-state index contributed by atoms with van der Waals surface area (Å²) in [5.74, 6) is 1.97. The van der Waals surface area contributed by atoms with Crippen molar-refractivity contribution in [3.05, 3.63) is 28.5 Å². The maximum absolute atomic E-state index is 14.4. The molecule has 0 atom stereocenters. The van der Waals surface area contributed by atoms with Crippen LogP contribution in [0.3, 0.4) is 0 Å². The van der Waals surface area contributed by atoms with Gasteiger partial charge in [-0.05, 0) is 87.7 Å². The summed E-state index contributed by atoms with van der Waals surface area (Å²) in [6, 6.07) is 4.15. The SMILES string of the molecule is CCOc1ccc(C2CCC(CCC3CCC(N)CC3)CC2)c(Cl)c1F. The van der Waals surface area contributed by atoms with Crippen LogP contribution in [0, 0.1) is 17.7 Å². The first-order valence-corrected chi connectivity index (χ1v) is 10.8. The minimum absolute atomic E-state index is 0.262. The third-order valence-corrected chi connectivity index (χ3v) is 6.92. The van der Waals surface area contributed by atoms with Crippen molar-refractivity contribution in [2.45, 2.75) is 83.1 Å². The fourth-order valence-electron chi connectivity index (χ4n) is 4.84. The molecule has 1 aromatic rings. The van der Waals surface area contributed by atoms with E-state index in [0.717, 1.165) is 30.2 Å². The largest absolute Gasteiger partial charge is 0.491 e. The highest BCUT2D eigenvalue weighted by Gasteiger charge is 2.27. The fraction of sp³-hybridized carbons (Fsp3) is 0.727. The van der Waals surface area contributed by atoms with Gasteiger partial charge in [-0.15, -0.1) is 0 Å². The van der Waals surface area contributed by atoms with E-state index >= 15 is 0 Å². The molecule has 0 aliphatic heterocycles. The molecule has 0 spiro atoms. The van der Waals surface area contributed by atoms with Gasteiger partial charge in [0.05, 0.1) is 11.6 Å². The van der Waals surface area contributed by atoms with E-state index in [4.69, 9.17) is 22.1 Å². The molecule has 2 fully saturated rings. The second-order valence-corrected chi connectivity index (χ2v) is 8.67. The smallest absolute Gasteiger partial charge is 0.183 e. The van der Waals surface area contributed by atoms with Gasteiger partial charge in [-0.3, -0.25) is 0 Å². The quantitative estimate of drug-likeness (QED) is 0.614. The van der Waals surface area contributed by atoms with E-state index in [1.165, 1.54) is 51.4 Å². The Hall–Kier alpha value is -0.800. The molecule has 0 heterocycles. The van der Waals surface area contributed by atoms with Gasteiger partial charge in [-0.25, -0.2) is 4.39 Å². The van der Waals surface area contributed by atoms with E-state index in [1.807, 2.05) is 13.0 Å². The maximum atomic E-state index is 14.4. The van der Waals surface area contributed by atoms with Crippen molar-refractivity contribution in [2.24, 2.45) is 17.6 Å². The van der Waals surface area contributed by atoms with Gasteiger partial charge >= 0.3 is 0 Å². The number of rotatable bonds is 6. The number of hydrogen-bond acceptors (Lipinski definition) is 2. The Morgan fingerprint density at radius 3 is 2.15 bits per heavy atom. The van der Waals surface area contributed by atoms with Gasteiger partial charge in [-0.2, -0.15) is 0 Å². The molecule has 0 radical (unpaired) electrons. The van der Waals surface area contributed by atoms with E-state index in [1.54, 1.807) is 6.07 Å². The first-order chi connectivity index (χ1) is 12.6. The molecule has 2 saturated carbocycles. The molecular weight excluding hydrogens is 349 g/mol. The molecule has 2 aliphatic carbocycles. The predicted molar refractivity (Wildman–Crippen MR) is 106 cm³/mol. The molecule has 2 aliphatic rings. The summed E-state index contributed by atoms with van der Waals surface area (Å²) < 4.78 is 19.7. The lowest BCUT2D eigenvalue weighted by Crippen LogP contribution is -2.26. The normalized spacial score (nSPS) is 29.5. The molecule has 0 bridgehead atoms. The van der Waals surface area contributed by atoms with Crippen molar-refractivity contribution in [3.8, 4) is 5.75 Å². The first-order valence-electron chi connectivity index (χ1n) is 10.4. The third kappa shape index (κ3) is 4.92. The molecule has 2 nitrogen and oxygen atoms in total. The van der Waals surface area contributed by atoms with Gasteiger partial charge < -0.3 is 10.5 Å². The minimum atomic E-state index is -0.399. The van der Waals surface area contributed by atoms with Crippen LogP contribution in [0.15, 0.2) is 12.1 Å². The maximum Gasteiger partial charge on any atom is 0.183 e. The number of halogens is 2. The second kappa shape index (κ2) is 9.41. The van der Waals surface area contributed by atoms with Gasteiger partial charge in [0, 0.05) is 6.04 Å². The summed E-state index contributed by atoms with van der Waals surface area (Å²) in [7, 11) is 0. The summed E-state index contributed by atoms with van der Waals surface area (Å²) >= 11 is 6.31. The van der Waals surface area contributed by atoms with E-state index in [9.17, 15) is 4.39 Å². The number of ether oxygens (including phenoxy) is 1. The molecule has 0 amide bonds. The summed E-state index contributed by atoms with van der Waals surface area (Å²) in [5.41, 5.74) is 6.98. The highest BCUT2D eigenvalue weighted by Crippen LogP contribution is 2.42. The molecule has 4 heteroatoms. The van der Waals surface area contributed by atoms with Crippen molar-refractivity contribution in [1.29, 1.82) is 0 Å². The van der Waals surface area contributed by atoms with E-state index in [2.05, 4.69) is 0 Å².